The number of amides is 5. The quantitative estimate of drug-likeness (QED) is 0.165. The summed E-state index contributed by atoms with van der Waals surface area (Å²) in [5.74, 6) is -2.63. The summed E-state index contributed by atoms with van der Waals surface area (Å²) < 4.78 is 13.0. The van der Waals surface area contributed by atoms with Crippen molar-refractivity contribution in [3.63, 3.8) is 0 Å². The number of nitrogens with one attached hydrogen (secondary N) is 5. The number of ketones is 1. The number of Topliss-reactive ketones (excluding diaryl/α,β-unsaturated/α-hetero) is 1. The van der Waals surface area contributed by atoms with Crippen molar-refractivity contribution in [2.24, 2.45) is 5.73 Å². The van der Waals surface area contributed by atoms with Crippen LogP contribution in [0, 0.1) is 11.2 Å². The molecule has 0 radical (unpaired) electrons. The van der Waals surface area contributed by atoms with Gasteiger partial charge in [-0.05, 0) is 37.0 Å². The second-order valence-corrected chi connectivity index (χ2v) is 7.24. The number of hydrogen-bond acceptors (Lipinski definition) is 6. The van der Waals surface area contributed by atoms with Crippen molar-refractivity contribution in [1.82, 2.24) is 21.3 Å². The molecular weight excluding hydrogens is 435 g/mol. The second kappa shape index (κ2) is 14.3. The number of primary amides is 1. The third kappa shape index (κ3) is 11.4. The van der Waals surface area contributed by atoms with Gasteiger partial charge in [-0.1, -0.05) is 12.1 Å². The van der Waals surface area contributed by atoms with Gasteiger partial charge in [0.15, 0.2) is 5.78 Å². The lowest BCUT2D eigenvalue weighted by molar-refractivity contribution is -0.132. The van der Waals surface area contributed by atoms with Crippen molar-refractivity contribution in [1.29, 1.82) is 5.41 Å². The van der Waals surface area contributed by atoms with Crippen LogP contribution in [0.3, 0.4) is 0 Å². The molecule has 0 fully saturated rings. The Morgan fingerprint density at radius 3 is 2.21 bits per heavy atom. The third-order valence-electron chi connectivity index (χ3n) is 4.52. The summed E-state index contributed by atoms with van der Waals surface area (Å²) in [7, 11) is 0. The van der Waals surface area contributed by atoms with Gasteiger partial charge in [0.2, 0.25) is 17.7 Å². The van der Waals surface area contributed by atoms with E-state index in [0.717, 1.165) is 0 Å². The first-order valence-electron chi connectivity index (χ1n) is 10.3. The lowest BCUT2D eigenvalue weighted by Crippen LogP contribution is -2.53. The molecule has 0 unspecified atom stereocenters. The number of hydrogen-bond donors (Lipinski definition) is 6. The minimum absolute atomic E-state index is 0.0643. The second-order valence-electron chi connectivity index (χ2n) is 7.24. The van der Waals surface area contributed by atoms with Gasteiger partial charge < -0.3 is 32.4 Å². The Hall–Kier alpha value is -3.83. The first-order valence-corrected chi connectivity index (χ1v) is 10.3. The lowest BCUT2D eigenvalue weighted by Gasteiger charge is -2.23. The minimum Gasteiger partial charge on any atom is -0.352 e. The molecule has 12 heteroatoms. The average Bonchev–Trinajstić information content (AvgIpc) is 2.77. The SMILES string of the molecule is CC(=O)N[C@@H](CCCNC(N)=O)C(=O)N[C@@H](CCC(=O)C=N)C(=O)NCc1ccc(F)cc1. The van der Waals surface area contributed by atoms with Gasteiger partial charge in [-0.25, -0.2) is 9.18 Å². The number of rotatable bonds is 14. The van der Waals surface area contributed by atoms with E-state index in [1.165, 1.54) is 31.2 Å². The van der Waals surface area contributed by atoms with E-state index >= 15 is 0 Å². The Labute approximate surface area is 190 Å². The van der Waals surface area contributed by atoms with E-state index < -0.39 is 47.4 Å². The molecule has 1 aromatic rings. The van der Waals surface area contributed by atoms with Crippen molar-refractivity contribution in [2.75, 3.05) is 6.54 Å². The highest BCUT2D eigenvalue weighted by Gasteiger charge is 2.26. The molecule has 0 aliphatic heterocycles. The predicted molar refractivity (Wildman–Crippen MR) is 118 cm³/mol. The van der Waals surface area contributed by atoms with Crippen molar-refractivity contribution in [2.45, 2.75) is 51.2 Å². The Morgan fingerprint density at radius 2 is 1.64 bits per heavy atom. The summed E-state index contributed by atoms with van der Waals surface area (Å²) in [5.41, 5.74) is 5.62. The van der Waals surface area contributed by atoms with Gasteiger partial charge in [0.25, 0.3) is 0 Å². The summed E-state index contributed by atoms with van der Waals surface area (Å²) >= 11 is 0. The van der Waals surface area contributed by atoms with Gasteiger partial charge in [0, 0.05) is 26.4 Å². The average molecular weight is 464 g/mol. The molecule has 0 aliphatic carbocycles. The molecule has 0 aromatic heterocycles. The zero-order valence-corrected chi connectivity index (χ0v) is 18.3. The van der Waals surface area contributed by atoms with Gasteiger partial charge in [-0.15, -0.1) is 0 Å². The van der Waals surface area contributed by atoms with Crippen molar-refractivity contribution < 1.29 is 28.4 Å². The van der Waals surface area contributed by atoms with Crippen LogP contribution in [-0.4, -0.2) is 54.4 Å². The highest BCUT2D eigenvalue weighted by Crippen LogP contribution is 2.05. The zero-order valence-electron chi connectivity index (χ0n) is 18.3. The summed E-state index contributed by atoms with van der Waals surface area (Å²) in [5, 5.41) is 17.0. The molecule has 5 amide bonds. The molecule has 0 bridgehead atoms. The number of carbonyl (C=O) groups excluding carboxylic acids is 5. The largest absolute Gasteiger partial charge is 0.352 e. The lowest BCUT2D eigenvalue weighted by atomic mass is 10.1. The fraction of sp³-hybridized carbons (Fsp3) is 0.429. The molecule has 0 saturated heterocycles. The summed E-state index contributed by atoms with van der Waals surface area (Å²) in [6.45, 7) is 1.49. The fourth-order valence-corrected chi connectivity index (χ4v) is 2.85. The fourth-order valence-electron chi connectivity index (χ4n) is 2.85. The number of halogens is 1. The molecule has 33 heavy (non-hydrogen) atoms. The molecular formula is C21H29FN6O5. The maximum atomic E-state index is 13.0. The van der Waals surface area contributed by atoms with Crippen molar-refractivity contribution in [3.8, 4) is 0 Å². The summed E-state index contributed by atoms with van der Waals surface area (Å²) in [4.78, 5) is 59.2. The Morgan fingerprint density at radius 1 is 1.00 bits per heavy atom. The number of benzene rings is 1. The molecule has 0 saturated carbocycles. The van der Waals surface area contributed by atoms with Crippen LogP contribution in [0.1, 0.15) is 38.2 Å². The zero-order chi connectivity index (χ0) is 24.8. The van der Waals surface area contributed by atoms with E-state index in [-0.39, 0.29) is 32.4 Å². The van der Waals surface area contributed by atoms with E-state index in [0.29, 0.717) is 18.2 Å². The van der Waals surface area contributed by atoms with Gasteiger partial charge >= 0.3 is 6.03 Å². The first kappa shape index (κ1) is 27.2. The molecule has 1 aromatic carbocycles. The van der Waals surface area contributed by atoms with Gasteiger partial charge in [-0.3, -0.25) is 19.2 Å². The van der Waals surface area contributed by atoms with Gasteiger partial charge in [-0.2, -0.15) is 0 Å². The molecule has 0 heterocycles. The van der Waals surface area contributed by atoms with E-state index in [1.54, 1.807) is 0 Å². The van der Waals surface area contributed by atoms with E-state index in [2.05, 4.69) is 21.3 Å². The van der Waals surface area contributed by atoms with Crippen LogP contribution in [0.5, 0.6) is 0 Å². The van der Waals surface area contributed by atoms with Crippen LogP contribution < -0.4 is 27.0 Å². The monoisotopic (exact) mass is 464 g/mol. The number of carbonyl (C=O) groups is 5. The molecule has 2 atom stereocenters. The molecule has 7 N–H and O–H groups in total. The highest BCUT2D eigenvalue weighted by atomic mass is 19.1. The van der Waals surface area contributed by atoms with E-state index in [4.69, 9.17) is 11.1 Å². The van der Waals surface area contributed by atoms with E-state index in [9.17, 15) is 28.4 Å². The van der Waals surface area contributed by atoms with Crippen LogP contribution in [0.15, 0.2) is 24.3 Å². The summed E-state index contributed by atoms with van der Waals surface area (Å²) in [6.07, 6.45) is 0.905. The first-order chi connectivity index (χ1) is 15.6. The number of nitrogens with two attached hydrogens (primary N) is 1. The molecule has 11 nitrogen and oxygen atoms in total. The molecule has 180 valence electrons. The van der Waals surface area contributed by atoms with Crippen LogP contribution in [0.25, 0.3) is 0 Å². The van der Waals surface area contributed by atoms with Gasteiger partial charge in [0.05, 0.1) is 6.21 Å². The Kier molecular flexibility index (Phi) is 11.8. The highest BCUT2D eigenvalue weighted by molar-refractivity contribution is 6.26. The van der Waals surface area contributed by atoms with Crippen LogP contribution in [0.4, 0.5) is 9.18 Å². The van der Waals surface area contributed by atoms with Crippen LogP contribution >= 0.6 is 0 Å². The molecule has 1 rings (SSSR count). The minimum atomic E-state index is -1.11. The molecule has 0 aliphatic rings. The topological polar surface area (TPSA) is 183 Å². The molecule has 0 spiro atoms. The van der Waals surface area contributed by atoms with Crippen molar-refractivity contribution in [3.05, 3.63) is 35.6 Å². The maximum absolute atomic E-state index is 13.0. The normalized spacial score (nSPS) is 12.1. The summed E-state index contributed by atoms with van der Waals surface area (Å²) in [6, 6.07) is 2.67. The Bertz CT molecular complexity index is 861. The Balaban J connectivity index is 2.82. The van der Waals surface area contributed by atoms with Crippen LogP contribution in [0.2, 0.25) is 0 Å². The third-order valence-corrected chi connectivity index (χ3v) is 4.52. The number of urea groups is 1. The predicted octanol–water partition coefficient (Wildman–Crippen LogP) is -0.121. The standard InChI is InChI=1S/C21H29FN6O5/c1-13(29)27-17(3-2-10-25-21(24)33)20(32)28-18(9-8-16(30)11-23)19(31)26-12-14-4-6-15(22)7-5-14/h4-7,11,17-18,23H,2-3,8-10,12H2,1H3,(H,26,31)(H,27,29)(H,28,32)(H3,24,25,33)/t17-,18-/m0/s1. The van der Waals surface area contributed by atoms with Crippen molar-refractivity contribution >= 4 is 35.8 Å². The van der Waals surface area contributed by atoms with E-state index in [1.807, 2.05) is 0 Å². The van der Waals surface area contributed by atoms with Gasteiger partial charge in [0.1, 0.15) is 17.9 Å². The smallest absolute Gasteiger partial charge is 0.312 e. The van der Waals surface area contributed by atoms with Crippen LogP contribution in [-0.2, 0) is 25.7 Å². The maximum Gasteiger partial charge on any atom is 0.312 e.